The molecule has 30 heavy (non-hydrogen) atoms. The highest BCUT2D eigenvalue weighted by Crippen LogP contribution is 2.30. The van der Waals surface area contributed by atoms with E-state index in [-0.39, 0.29) is 17.4 Å². The van der Waals surface area contributed by atoms with Crippen LogP contribution in [-0.2, 0) is 10.5 Å². The number of carbonyl (C=O) groups is 1. The summed E-state index contributed by atoms with van der Waals surface area (Å²) in [5.41, 5.74) is 4.41. The summed E-state index contributed by atoms with van der Waals surface area (Å²) in [6.45, 7) is 2.28. The van der Waals surface area contributed by atoms with Crippen LogP contribution in [0.25, 0.3) is 0 Å². The molecule has 0 atom stereocenters. The van der Waals surface area contributed by atoms with Gasteiger partial charge in [0.05, 0.1) is 18.6 Å². The second kappa shape index (κ2) is 11.6. The number of hydrogen-bond acceptors (Lipinski definition) is 9. The predicted octanol–water partition coefficient (Wildman–Crippen LogP) is 4.18. The quantitative estimate of drug-likeness (QED) is 0.266. The summed E-state index contributed by atoms with van der Waals surface area (Å²) >= 11 is 4.42. The fourth-order valence-electron chi connectivity index (χ4n) is 2.25. The number of hydrogen-bond donors (Lipinski definition) is 2. The third kappa shape index (κ3) is 7.05. The third-order valence-corrected chi connectivity index (χ3v) is 6.87. The van der Waals surface area contributed by atoms with Gasteiger partial charge in [-0.25, -0.2) is 5.43 Å². The molecule has 3 rings (SSSR count). The number of phenols is 1. The zero-order valence-electron chi connectivity index (χ0n) is 16.1. The number of ether oxygens (including phenoxy) is 1. The van der Waals surface area contributed by atoms with Crippen molar-refractivity contribution in [2.75, 3.05) is 12.4 Å². The van der Waals surface area contributed by atoms with E-state index >= 15 is 0 Å². The van der Waals surface area contributed by atoms with Crippen LogP contribution in [0.3, 0.4) is 0 Å². The molecular weight excluding hydrogens is 440 g/mol. The van der Waals surface area contributed by atoms with Crippen LogP contribution in [0.2, 0.25) is 0 Å². The second-order valence-electron chi connectivity index (χ2n) is 5.85. The molecule has 7 nitrogen and oxygen atoms in total. The van der Waals surface area contributed by atoms with Crippen molar-refractivity contribution in [2.24, 2.45) is 5.10 Å². The first-order valence-corrected chi connectivity index (χ1v) is 11.8. The first-order chi connectivity index (χ1) is 14.6. The van der Waals surface area contributed by atoms with Crippen molar-refractivity contribution in [3.63, 3.8) is 0 Å². The lowest BCUT2D eigenvalue weighted by Gasteiger charge is -2.05. The van der Waals surface area contributed by atoms with Gasteiger partial charge < -0.3 is 9.84 Å². The van der Waals surface area contributed by atoms with Crippen LogP contribution >= 0.6 is 34.9 Å². The Morgan fingerprint density at radius 3 is 2.73 bits per heavy atom. The maximum atomic E-state index is 12.0. The number of hydrazone groups is 1. The second-order valence-corrected chi connectivity index (χ2v) is 9.27. The molecular formula is C20H20N4O3S3. The Morgan fingerprint density at radius 1 is 1.20 bits per heavy atom. The van der Waals surface area contributed by atoms with Gasteiger partial charge in [-0.1, -0.05) is 65.2 Å². The van der Waals surface area contributed by atoms with Crippen LogP contribution in [0.4, 0.5) is 0 Å². The predicted molar refractivity (Wildman–Crippen MR) is 122 cm³/mol. The molecule has 0 saturated carbocycles. The number of benzene rings is 2. The van der Waals surface area contributed by atoms with Crippen molar-refractivity contribution < 1.29 is 14.6 Å². The summed E-state index contributed by atoms with van der Waals surface area (Å²) in [5.74, 6) is 1.22. The maximum absolute atomic E-state index is 12.0. The van der Waals surface area contributed by atoms with Crippen molar-refractivity contribution >= 4 is 47.0 Å². The van der Waals surface area contributed by atoms with Gasteiger partial charge in [-0.3, -0.25) is 4.79 Å². The molecule has 0 unspecified atom stereocenters. The molecule has 1 heterocycles. The molecule has 2 aromatic carbocycles. The molecule has 10 heteroatoms. The van der Waals surface area contributed by atoms with E-state index in [0.29, 0.717) is 17.9 Å². The van der Waals surface area contributed by atoms with Crippen molar-refractivity contribution in [3.8, 4) is 11.5 Å². The molecule has 0 aliphatic carbocycles. The van der Waals surface area contributed by atoms with Gasteiger partial charge in [0.25, 0.3) is 5.91 Å². The first kappa shape index (κ1) is 22.1. The van der Waals surface area contributed by atoms with Gasteiger partial charge in [0, 0.05) is 5.75 Å². The van der Waals surface area contributed by atoms with Gasteiger partial charge in [-0.05, 0) is 36.2 Å². The summed E-state index contributed by atoms with van der Waals surface area (Å²) in [4.78, 5) is 12.0. The Labute approximate surface area is 187 Å². The van der Waals surface area contributed by atoms with E-state index in [0.717, 1.165) is 14.4 Å². The average molecular weight is 461 g/mol. The van der Waals surface area contributed by atoms with Gasteiger partial charge in [0.2, 0.25) is 0 Å². The minimum Gasteiger partial charge on any atom is -0.504 e. The van der Waals surface area contributed by atoms with E-state index in [9.17, 15) is 9.90 Å². The highest BCUT2D eigenvalue weighted by molar-refractivity contribution is 8.03. The van der Waals surface area contributed by atoms with Gasteiger partial charge in [-0.15, -0.1) is 10.2 Å². The monoisotopic (exact) mass is 460 g/mol. The number of aromatic hydroxyl groups is 1. The number of aromatic nitrogens is 2. The third-order valence-electron chi connectivity index (χ3n) is 3.61. The number of phenolic OH excluding ortho intramolecular Hbond substituents is 1. The Morgan fingerprint density at radius 2 is 1.97 bits per heavy atom. The summed E-state index contributed by atoms with van der Waals surface area (Å²) in [6.07, 6.45) is 1.49. The summed E-state index contributed by atoms with van der Waals surface area (Å²) in [7, 11) is 0. The lowest BCUT2D eigenvalue weighted by molar-refractivity contribution is -0.118. The largest absolute Gasteiger partial charge is 0.504 e. The number of nitrogens with zero attached hydrogens (tertiary/aromatic N) is 3. The molecule has 2 N–H and O–H groups in total. The normalized spacial score (nSPS) is 11.0. The van der Waals surface area contributed by atoms with Crippen LogP contribution in [0.5, 0.6) is 11.5 Å². The summed E-state index contributed by atoms with van der Waals surface area (Å²) in [5, 5.41) is 21.9. The average Bonchev–Trinajstić information content (AvgIpc) is 3.22. The molecule has 0 spiro atoms. The Hall–Kier alpha value is -2.56. The molecule has 0 saturated heterocycles. The Balaban J connectivity index is 1.42. The SMILES string of the molecule is CCOc1cc(/C=N\NC(=O)CSc2nnc(SCc3ccccc3)s2)ccc1O. The smallest absolute Gasteiger partial charge is 0.250 e. The van der Waals surface area contributed by atoms with E-state index in [2.05, 4.69) is 32.9 Å². The standard InChI is InChI=1S/C20H20N4O3S3/c1-2-27-17-10-15(8-9-16(17)25)11-21-22-18(26)13-29-20-24-23-19(30-20)28-12-14-6-4-3-5-7-14/h3-11,25H,2,12-13H2,1H3,(H,22,26)/b21-11-. The first-order valence-electron chi connectivity index (χ1n) is 9.05. The van der Waals surface area contributed by atoms with Crippen LogP contribution < -0.4 is 10.2 Å². The van der Waals surface area contributed by atoms with Crippen molar-refractivity contribution in [3.05, 3.63) is 59.7 Å². The fourth-order valence-corrected chi connectivity index (χ4v) is 5.02. The van der Waals surface area contributed by atoms with Crippen LogP contribution in [0, 0.1) is 0 Å². The van der Waals surface area contributed by atoms with Crippen LogP contribution in [0.1, 0.15) is 18.1 Å². The van der Waals surface area contributed by atoms with Gasteiger partial charge in [0.15, 0.2) is 20.2 Å². The van der Waals surface area contributed by atoms with E-state index < -0.39 is 0 Å². The molecule has 0 fully saturated rings. The lowest BCUT2D eigenvalue weighted by Crippen LogP contribution is -2.19. The van der Waals surface area contributed by atoms with E-state index in [1.165, 1.54) is 40.9 Å². The minimum absolute atomic E-state index is 0.0628. The minimum atomic E-state index is -0.242. The molecule has 0 aliphatic rings. The Kier molecular flexibility index (Phi) is 8.54. The van der Waals surface area contributed by atoms with Crippen LogP contribution in [0.15, 0.2) is 62.3 Å². The summed E-state index contributed by atoms with van der Waals surface area (Å²) in [6, 6.07) is 15.0. The number of amides is 1. The van der Waals surface area contributed by atoms with E-state index in [1.807, 2.05) is 25.1 Å². The van der Waals surface area contributed by atoms with Crippen molar-refractivity contribution in [2.45, 2.75) is 21.4 Å². The molecule has 1 amide bonds. The van der Waals surface area contributed by atoms with Gasteiger partial charge >= 0.3 is 0 Å². The van der Waals surface area contributed by atoms with Crippen molar-refractivity contribution in [1.29, 1.82) is 0 Å². The molecule has 1 aromatic heterocycles. The zero-order chi connectivity index (χ0) is 21.2. The summed E-state index contributed by atoms with van der Waals surface area (Å²) < 4.78 is 6.93. The molecule has 3 aromatic rings. The number of nitrogens with one attached hydrogen (secondary N) is 1. The van der Waals surface area contributed by atoms with Gasteiger partial charge in [-0.2, -0.15) is 5.10 Å². The number of carbonyl (C=O) groups excluding carboxylic acids is 1. The highest BCUT2D eigenvalue weighted by Gasteiger charge is 2.09. The zero-order valence-corrected chi connectivity index (χ0v) is 18.6. The lowest BCUT2D eigenvalue weighted by atomic mass is 10.2. The fraction of sp³-hybridized carbons (Fsp3) is 0.200. The topological polar surface area (TPSA) is 96.7 Å². The number of rotatable bonds is 10. The van der Waals surface area contributed by atoms with Crippen molar-refractivity contribution in [1.82, 2.24) is 15.6 Å². The molecule has 0 radical (unpaired) electrons. The van der Waals surface area contributed by atoms with E-state index in [1.54, 1.807) is 23.9 Å². The molecule has 0 bridgehead atoms. The highest BCUT2D eigenvalue weighted by atomic mass is 32.2. The number of thioether (sulfide) groups is 2. The maximum Gasteiger partial charge on any atom is 0.250 e. The van der Waals surface area contributed by atoms with Crippen LogP contribution in [-0.4, -0.2) is 39.8 Å². The van der Waals surface area contributed by atoms with E-state index in [4.69, 9.17) is 4.74 Å². The molecule has 0 aliphatic heterocycles. The molecule has 156 valence electrons. The van der Waals surface area contributed by atoms with Gasteiger partial charge in [0.1, 0.15) is 0 Å². The Bertz CT molecular complexity index is 996.